The summed E-state index contributed by atoms with van der Waals surface area (Å²) in [5, 5.41) is 0.755. The van der Waals surface area contributed by atoms with Crippen molar-refractivity contribution in [1.29, 1.82) is 0 Å². The molecule has 1 rings (SSSR count). The van der Waals surface area contributed by atoms with Crippen LogP contribution in [0.4, 0.5) is 0 Å². The fourth-order valence-corrected chi connectivity index (χ4v) is 1.49. The molecule has 1 aromatic carbocycles. The molecule has 0 bridgehead atoms. The Kier molecular flexibility index (Phi) is 3.24. The lowest BCUT2D eigenvalue weighted by molar-refractivity contribution is 1.06. The molecule has 1 nitrogen and oxygen atoms in total. The van der Waals surface area contributed by atoms with Crippen LogP contribution in [0.5, 0.6) is 0 Å². The van der Waals surface area contributed by atoms with Crippen LogP contribution in [0.15, 0.2) is 23.1 Å². The summed E-state index contributed by atoms with van der Waals surface area (Å²) >= 11 is 7.56. The number of hydrogen-bond acceptors (Lipinski definition) is 2. The molecule has 0 aliphatic carbocycles. The van der Waals surface area contributed by atoms with Crippen molar-refractivity contribution in [2.75, 3.05) is 6.26 Å². The van der Waals surface area contributed by atoms with E-state index in [0.29, 0.717) is 6.54 Å². The average molecular weight is 188 g/mol. The van der Waals surface area contributed by atoms with E-state index in [1.165, 1.54) is 4.90 Å². The number of nitrogens with two attached hydrogens (primary N) is 1. The Labute approximate surface area is 75.9 Å². The monoisotopic (exact) mass is 187 g/mol. The SMILES string of the molecule is CSc1ccc(Cl)c(CN)c1. The van der Waals surface area contributed by atoms with E-state index in [1.807, 2.05) is 24.5 Å². The second kappa shape index (κ2) is 4.00. The summed E-state index contributed by atoms with van der Waals surface area (Å²) in [6.07, 6.45) is 2.03. The number of benzene rings is 1. The third-order valence-electron chi connectivity index (χ3n) is 1.47. The average Bonchev–Trinajstić information content (AvgIpc) is 2.05. The molecule has 0 aliphatic heterocycles. The van der Waals surface area contributed by atoms with E-state index in [1.54, 1.807) is 11.8 Å². The zero-order valence-corrected chi connectivity index (χ0v) is 7.88. The van der Waals surface area contributed by atoms with Crippen LogP contribution >= 0.6 is 23.4 Å². The van der Waals surface area contributed by atoms with Crippen molar-refractivity contribution in [2.24, 2.45) is 5.73 Å². The Balaban J connectivity index is 3.02. The van der Waals surface area contributed by atoms with Crippen molar-refractivity contribution >= 4 is 23.4 Å². The number of hydrogen-bond donors (Lipinski definition) is 1. The van der Waals surface area contributed by atoms with E-state index in [9.17, 15) is 0 Å². The minimum atomic E-state index is 0.507. The van der Waals surface area contributed by atoms with Gasteiger partial charge in [0.05, 0.1) is 0 Å². The maximum absolute atomic E-state index is 5.86. The zero-order valence-electron chi connectivity index (χ0n) is 6.30. The zero-order chi connectivity index (χ0) is 8.27. The van der Waals surface area contributed by atoms with Gasteiger partial charge in [0, 0.05) is 16.5 Å². The minimum Gasteiger partial charge on any atom is -0.326 e. The summed E-state index contributed by atoms with van der Waals surface area (Å²) in [5.41, 5.74) is 6.49. The maximum Gasteiger partial charge on any atom is 0.0451 e. The molecule has 0 amide bonds. The first-order valence-corrected chi connectivity index (χ1v) is 4.90. The number of thioether (sulfide) groups is 1. The third kappa shape index (κ3) is 2.12. The molecule has 1 aromatic rings. The number of rotatable bonds is 2. The molecular weight excluding hydrogens is 178 g/mol. The molecule has 11 heavy (non-hydrogen) atoms. The van der Waals surface area contributed by atoms with Gasteiger partial charge in [0.1, 0.15) is 0 Å². The van der Waals surface area contributed by atoms with Crippen LogP contribution in [0.1, 0.15) is 5.56 Å². The fourth-order valence-electron chi connectivity index (χ4n) is 0.835. The molecule has 0 spiro atoms. The van der Waals surface area contributed by atoms with Crippen molar-refractivity contribution < 1.29 is 0 Å². The van der Waals surface area contributed by atoms with Gasteiger partial charge in [-0.2, -0.15) is 0 Å². The van der Waals surface area contributed by atoms with Crippen LogP contribution in [0, 0.1) is 0 Å². The van der Waals surface area contributed by atoms with E-state index in [-0.39, 0.29) is 0 Å². The van der Waals surface area contributed by atoms with E-state index >= 15 is 0 Å². The second-order valence-electron chi connectivity index (χ2n) is 2.16. The van der Waals surface area contributed by atoms with Gasteiger partial charge in [0.2, 0.25) is 0 Å². The first-order valence-electron chi connectivity index (χ1n) is 3.30. The van der Waals surface area contributed by atoms with Crippen molar-refractivity contribution in [3.63, 3.8) is 0 Å². The molecule has 0 heterocycles. The van der Waals surface area contributed by atoms with Crippen molar-refractivity contribution in [2.45, 2.75) is 11.4 Å². The van der Waals surface area contributed by atoms with Gasteiger partial charge in [-0.25, -0.2) is 0 Å². The molecule has 0 radical (unpaired) electrons. The summed E-state index contributed by atoms with van der Waals surface area (Å²) in [4.78, 5) is 1.20. The Bertz CT molecular complexity index is 250. The minimum absolute atomic E-state index is 0.507. The summed E-state index contributed by atoms with van der Waals surface area (Å²) in [6.45, 7) is 0.507. The number of halogens is 1. The van der Waals surface area contributed by atoms with Crippen molar-refractivity contribution in [1.82, 2.24) is 0 Å². The van der Waals surface area contributed by atoms with Crippen LogP contribution in [-0.2, 0) is 6.54 Å². The van der Waals surface area contributed by atoms with Gasteiger partial charge >= 0.3 is 0 Å². The lowest BCUT2D eigenvalue weighted by atomic mass is 10.2. The summed E-state index contributed by atoms with van der Waals surface area (Å²) in [6, 6.07) is 5.90. The van der Waals surface area contributed by atoms with Crippen LogP contribution in [0.3, 0.4) is 0 Å². The molecule has 0 saturated carbocycles. The molecule has 60 valence electrons. The van der Waals surface area contributed by atoms with Crippen LogP contribution < -0.4 is 5.73 Å². The summed E-state index contributed by atoms with van der Waals surface area (Å²) in [5.74, 6) is 0. The Morgan fingerprint density at radius 3 is 2.82 bits per heavy atom. The lowest BCUT2D eigenvalue weighted by Crippen LogP contribution is -1.96. The third-order valence-corrected chi connectivity index (χ3v) is 2.57. The Morgan fingerprint density at radius 1 is 1.55 bits per heavy atom. The van der Waals surface area contributed by atoms with Gasteiger partial charge in [-0.3, -0.25) is 0 Å². The van der Waals surface area contributed by atoms with Crippen molar-refractivity contribution in [3.8, 4) is 0 Å². The van der Waals surface area contributed by atoms with Gasteiger partial charge in [0.25, 0.3) is 0 Å². The highest BCUT2D eigenvalue weighted by atomic mass is 35.5. The van der Waals surface area contributed by atoms with Crippen LogP contribution in [-0.4, -0.2) is 6.26 Å². The second-order valence-corrected chi connectivity index (χ2v) is 3.45. The quantitative estimate of drug-likeness (QED) is 0.721. The first kappa shape index (κ1) is 8.91. The van der Waals surface area contributed by atoms with Crippen LogP contribution in [0.2, 0.25) is 5.02 Å². The fraction of sp³-hybridized carbons (Fsp3) is 0.250. The molecule has 0 saturated heterocycles. The lowest BCUT2D eigenvalue weighted by Gasteiger charge is -2.02. The Morgan fingerprint density at radius 2 is 2.27 bits per heavy atom. The molecule has 0 aliphatic rings. The maximum atomic E-state index is 5.86. The topological polar surface area (TPSA) is 26.0 Å². The van der Waals surface area contributed by atoms with Gasteiger partial charge in [-0.1, -0.05) is 11.6 Å². The van der Waals surface area contributed by atoms with E-state index in [0.717, 1.165) is 10.6 Å². The normalized spacial score (nSPS) is 10.1. The highest BCUT2D eigenvalue weighted by molar-refractivity contribution is 7.98. The first-order chi connectivity index (χ1) is 5.27. The van der Waals surface area contributed by atoms with Crippen molar-refractivity contribution in [3.05, 3.63) is 28.8 Å². The molecule has 3 heteroatoms. The van der Waals surface area contributed by atoms with Gasteiger partial charge < -0.3 is 5.73 Å². The largest absolute Gasteiger partial charge is 0.326 e. The molecule has 0 atom stereocenters. The highest BCUT2D eigenvalue weighted by Crippen LogP contribution is 2.22. The Hall–Kier alpha value is -0.180. The highest BCUT2D eigenvalue weighted by Gasteiger charge is 1.98. The molecular formula is C8H10ClNS. The van der Waals surface area contributed by atoms with Gasteiger partial charge in [-0.15, -0.1) is 11.8 Å². The van der Waals surface area contributed by atoms with E-state index in [4.69, 9.17) is 17.3 Å². The van der Waals surface area contributed by atoms with Crippen LogP contribution in [0.25, 0.3) is 0 Å². The smallest absolute Gasteiger partial charge is 0.0451 e. The summed E-state index contributed by atoms with van der Waals surface area (Å²) < 4.78 is 0. The molecule has 2 N–H and O–H groups in total. The predicted molar refractivity (Wildman–Crippen MR) is 51.1 cm³/mol. The standard InChI is InChI=1S/C8H10ClNS/c1-11-7-2-3-8(9)6(4-7)5-10/h2-4H,5,10H2,1H3. The molecule has 0 fully saturated rings. The molecule has 0 unspecified atom stereocenters. The van der Waals surface area contributed by atoms with E-state index in [2.05, 4.69) is 0 Å². The van der Waals surface area contributed by atoms with E-state index < -0.39 is 0 Å². The van der Waals surface area contributed by atoms with Gasteiger partial charge in [0.15, 0.2) is 0 Å². The summed E-state index contributed by atoms with van der Waals surface area (Å²) in [7, 11) is 0. The van der Waals surface area contributed by atoms with Gasteiger partial charge in [-0.05, 0) is 30.0 Å². The molecule has 0 aromatic heterocycles. The predicted octanol–water partition coefficient (Wildman–Crippen LogP) is 2.52.